The van der Waals surface area contributed by atoms with E-state index in [9.17, 15) is 13.2 Å². The Morgan fingerprint density at radius 3 is 2.56 bits per heavy atom. The minimum atomic E-state index is -3.59. The molecule has 32 heavy (non-hydrogen) atoms. The average molecular weight is 458 g/mol. The number of sulfonamides is 1. The molecule has 3 fully saturated rings. The third-order valence-corrected chi connectivity index (χ3v) is 9.20. The van der Waals surface area contributed by atoms with E-state index in [1.807, 2.05) is 11.1 Å². The molecule has 4 heterocycles. The summed E-state index contributed by atoms with van der Waals surface area (Å²) in [6.45, 7) is 2.93. The summed E-state index contributed by atoms with van der Waals surface area (Å²) in [6, 6.07) is 0.233. The first kappa shape index (κ1) is 20.1. The van der Waals surface area contributed by atoms with Crippen LogP contribution in [-0.2, 0) is 20.2 Å². The van der Waals surface area contributed by atoms with Crippen LogP contribution in [0.15, 0.2) is 23.7 Å². The Morgan fingerprint density at radius 1 is 1.19 bits per heavy atom. The van der Waals surface area contributed by atoms with Crippen molar-refractivity contribution in [2.75, 3.05) is 23.3 Å². The van der Waals surface area contributed by atoms with E-state index in [0.29, 0.717) is 37.8 Å². The van der Waals surface area contributed by atoms with Gasteiger partial charge in [-0.3, -0.25) is 9.69 Å². The van der Waals surface area contributed by atoms with E-state index in [0.717, 1.165) is 24.2 Å². The molecule has 1 saturated heterocycles. The van der Waals surface area contributed by atoms with Gasteiger partial charge in [-0.05, 0) is 51.4 Å². The van der Waals surface area contributed by atoms with Gasteiger partial charge in [-0.15, -0.1) is 0 Å². The van der Waals surface area contributed by atoms with Gasteiger partial charge in [0.25, 0.3) is 10.0 Å². The van der Waals surface area contributed by atoms with E-state index in [1.165, 1.54) is 29.5 Å². The van der Waals surface area contributed by atoms with Gasteiger partial charge in [0.2, 0.25) is 17.0 Å². The lowest BCUT2D eigenvalue weighted by molar-refractivity contribution is -0.120. The number of carbonyl (C=O) groups excluding carboxylic acids is 1. The zero-order valence-electron chi connectivity index (χ0n) is 18.0. The minimum Gasteiger partial charge on any atom is -0.351 e. The van der Waals surface area contributed by atoms with E-state index in [4.69, 9.17) is 4.98 Å². The predicted octanol–water partition coefficient (Wildman–Crippen LogP) is 1.64. The van der Waals surface area contributed by atoms with Crippen molar-refractivity contribution in [2.24, 2.45) is 5.92 Å². The van der Waals surface area contributed by atoms with Crippen molar-refractivity contribution in [1.82, 2.24) is 24.2 Å². The van der Waals surface area contributed by atoms with Crippen LogP contribution < -0.4 is 10.2 Å². The molecule has 0 radical (unpaired) electrons. The summed E-state index contributed by atoms with van der Waals surface area (Å²) in [5.41, 5.74) is 0.586. The molecule has 170 valence electrons. The fourth-order valence-electron chi connectivity index (χ4n) is 5.12. The van der Waals surface area contributed by atoms with Crippen LogP contribution in [0.2, 0.25) is 0 Å². The maximum atomic E-state index is 13.2. The average Bonchev–Trinajstić information content (AvgIpc) is 3.70. The van der Waals surface area contributed by atoms with Gasteiger partial charge in [-0.25, -0.2) is 18.4 Å². The van der Waals surface area contributed by atoms with Crippen molar-refractivity contribution in [3.05, 3.63) is 24.2 Å². The van der Waals surface area contributed by atoms with Crippen molar-refractivity contribution in [3.63, 3.8) is 0 Å². The normalized spacial score (nSPS) is 24.0. The van der Waals surface area contributed by atoms with Gasteiger partial charge in [0, 0.05) is 49.3 Å². The fourth-order valence-corrected chi connectivity index (χ4v) is 6.47. The zero-order valence-corrected chi connectivity index (χ0v) is 18.8. The number of nitrogens with one attached hydrogen (secondary N) is 2. The molecule has 1 atom stereocenters. The number of aromatic nitrogens is 4. The molecule has 1 spiro atoms. The molecule has 10 nitrogen and oxygen atoms in total. The lowest BCUT2D eigenvalue weighted by Crippen LogP contribution is -2.43. The second-order valence-corrected chi connectivity index (χ2v) is 11.3. The highest BCUT2D eigenvalue weighted by Gasteiger charge is 2.61. The van der Waals surface area contributed by atoms with Crippen LogP contribution in [0.4, 0.5) is 11.8 Å². The minimum absolute atomic E-state index is 0.0191. The molecule has 2 aromatic rings. The molecular formula is C21H27N7O3S. The van der Waals surface area contributed by atoms with Gasteiger partial charge in [-0.2, -0.15) is 9.29 Å². The van der Waals surface area contributed by atoms with Gasteiger partial charge in [0.05, 0.1) is 5.41 Å². The number of anilines is 2. The molecule has 4 aliphatic rings. The van der Waals surface area contributed by atoms with E-state index in [-0.39, 0.29) is 28.6 Å². The standard InChI is InChI=1S/C21H27N7O3S/c1-13(14-2-3-14)28-17-16(21(6-7-21)18(28)29)12-24-19(26-17)25-15-4-10-27(11-5-15)32(30,31)20-22-8-9-23-20/h8-9,12-15H,2-7,10-11H2,1H3,(H,22,23)(H,24,25,26). The van der Waals surface area contributed by atoms with E-state index in [1.54, 1.807) is 0 Å². The van der Waals surface area contributed by atoms with E-state index < -0.39 is 10.0 Å². The van der Waals surface area contributed by atoms with Crippen LogP contribution in [-0.4, -0.2) is 63.7 Å². The van der Waals surface area contributed by atoms with E-state index in [2.05, 4.69) is 27.2 Å². The second-order valence-electron chi connectivity index (χ2n) is 9.48. The summed E-state index contributed by atoms with van der Waals surface area (Å²) in [6.07, 6.45) is 10.2. The number of H-pyrrole nitrogens is 1. The molecule has 0 aromatic carbocycles. The van der Waals surface area contributed by atoms with Crippen LogP contribution in [0.3, 0.4) is 0 Å². The molecule has 2 aliphatic heterocycles. The summed E-state index contributed by atoms with van der Waals surface area (Å²) >= 11 is 0. The number of aromatic amines is 1. The maximum absolute atomic E-state index is 13.2. The molecule has 2 aromatic heterocycles. The summed E-state index contributed by atoms with van der Waals surface area (Å²) in [5.74, 6) is 2.03. The molecule has 2 saturated carbocycles. The molecular weight excluding hydrogens is 430 g/mol. The monoisotopic (exact) mass is 457 g/mol. The van der Waals surface area contributed by atoms with Crippen molar-refractivity contribution in [2.45, 2.75) is 68.1 Å². The molecule has 2 N–H and O–H groups in total. The highest BCUT2D eigenvalue weighted by Crippen LogP contribution is 2.58. The summed E-state index contributed by atoms with van der Waals surface area (Å²) in [5, 5.41) is 3.36. The van der Waals surface area contributed by atoms with Crippen LogP contribution in [0, 0.1) is 5.92 Å². The number of hydrogen-bond acceptors (Lipinski definition) is 7. The number of piperidine rings is 1. The van der Waals surface area contributed by atoms with Crippen LogP contribution in [0.5, 0.6) is 0 Å². The summed E-state index contributed by atoms with van der Waals surface area (Å²) in [4.78, 5) is 31.0. The van der Waals surface area contributed by atoms with Crippen LogP contribution in [0.25, 0.3) is 0 Å². The van der Waals surface area contributed by atoms with Gasteiger partial charge >= 0.3 is 0 Å². The smallest absolute Gasteiger partial charge is 0.276 e. The zero-order chi connectivity index (χ0) is 22.1. The first-order valence-electron chi connectivity index (χ1n) is 11.4. The number of imidazole rings is 1. The lowest BCUT2D eigenvalue weighted by Gasteiger charge is -2.31. The molecule has 2 aliphatic carbocycles. The predicted molar refractivity (Wildman–Crippen MR) is 117 cm³/mol. The Balaban J connectivity index is 1.17. The third-order valence-electron chi connectivity index (χ3n) is 7.45. The second kappa shape index (κ2) is 6.98. The Bertz CT molecular complexity index is 1150. The van der Waals surface area contributed by atoms with Crippen molar-refractivity contribution in [3.8, 4) is 0 Å². The lowest BCUT2D eigenvalue weighted by atomic mass is 10.0. The highest BCUT2D eigenvalue weighted by molar-refractivity contribution is 7.88. The molecule has 1 unspecified atom stereocenters. The number of hydrogen-bond donors (Lipinski definition) is 2. The first-order chi connectivity index (χ1) is 15.4. The first-order valence-corrected chi connectivity index (χ1v) is 12.8. The number of nitrogens with zero attached hydrogens (tertiary/aromatic N) is 5. The third kappa shape index (κ3) is 3.05. The quantitative estimate of drug-likeness (QED) is 0.676. The van der Waals surface area contributed by atoms with Crippen molar-refractivity contribution >= 4 is 27.7 Å². The molecule has 1 amide bonds. The van der Waals surface area contributed by atoms with Gasteiger partial charge < -0.3 is 10.3 Å². The Kier molecular flexibility index (Phi) is 4.39. The largest absolute Gasteiger partial charge is 0.351 e. The van der Waals surface area contributed by atoms with E-state index >= 15 is 0 Å². The number of rotatable bonds is 6. The van der Waals surface area contributed by atoms with Crippen LogP contribution in [0.1, 0.15) is 51.0 Å². The van der Waals surface area contributed by atoms with Gasteiger partial charge in [0.15, 0.2) is 0 Å². The van der Waals surface area contributed by atoms with Crippen molar-refractivity contribution < 1.29 is 13.2 Å². The Labute approximate surface area is 186 Å². The summed E-state index contributed by atoms with van der Waals surface area (Å²) < 4.78 is 26.8. The SMILES string of the molecule is CC(C1CC1)N1C(=O)C2(CC2)c2cnc(NC3CCN(S(=O)(=O)c4ncc[nH]4)CC3)nc21. The van der Waals surface area contributed by atoms with Crippen LogP contribution >= 0.6 is 0 Å². The molecule has 11 heteroatoms. The number of carbonyl (C=O) groups is 1. The maximum Gasteiger partial charge on any atom is 0.276 e. The molecule has 0 bridgehead atoms. The van der Waals surface area contributed by atoms with Gasteiger partial charge in [-0.1, -0.05) is 0 Å². The topological polar surface area (TPSA) is 124 Å². The van der Waals surface area contributed by atoms with Crippen molar-refractivity contribution in [1.29, 1.82) is 0 Å². The van der Waals surface area contributed by atoms with Gasteiger partial charge in [0.1, 0.15) is 5.82 Å². The highest BCUT2D eigenvalue weighted by atomic mass is 32.2. The molecule has 6 rings (SSSR count). The Hall–Kier alpha value is -2.53. The number of amides is 1. The summed E-state index contributed by atoms with van der Waals surface area (Å²) in [7, 11) is -3.59. The fraction of sp³-hybridized carbons (Fsp3) is 0.619. The Morgan fingerprint density at radius 2 is 1.94 bits per heavy atom. The number of fused-ring (bicyclic) bond motifs is 2.